The highest BCUT2D eigenvalue weighted by Gasteiger charge is 2.15. The van der Waals surface area contributed by atoms with Crippen molar-refractivity contribution in [2.75, 3.05) is 0 Å². The van der Waals surface area contributed by atoms with Crippen LogP contribution in [-0.4, -0.2) is 24.4 Å². The molecule has 0 amide bonds. The number of aromatic nitrogens is 4. The normalized spacial score (nSPS) is 13.1. The summed E-state index contributed by atoms with van der Waals surface area (Å²) in [7, 11) is 1.88. The molecule has 5 heteroatoms. The van der Waals surface area contributed by atoms with Crippen molar-refractivity contribution in [3.63, 3.8) is 0 Å². The maximum absolute atomic E-state index is 10.2. The van der Waals surface area contributed by atoms with Gasteiger partial charge in [-0.1, -0.05) is 13.8 Å². The van der Waals surface area contributed by atoms with Crippen molar-refractivity contribution in [3.05, 3.63) is 36.2 Å². The molecule has 0 aliphatic heterocycles. The molecule has 104 valence electrons. The number of aliphatic hydroxyl groups is 1. The third kappa shape index (κ3) is 3.04. The quantitative estimate of drug-likeness (QED) is 0.868. The SMILES string of the molecule is CCC(CC)n1ccc(CC(O)c2cncn2C)n1. The lowest BCUT2D eigenvalue weighted by molar-refractivity contribution is 0.168. The zero-order valence-electron chi connectivity index (χ0n) is 11.8. The van der Waals surface area contributed by atoms with E-state index in [1.807, 2.05) is 28.6 Å². The van der Waals surface area contributed by atoms with Crippen LogP contribution in [-0.2, 0) is 13.5 Å². The summed E-state index contributed by atoms with van der Waals surface area (Å²) in [6.45, 7) is 4.33. The van der Waals surface area contributed by atoms with Crippen LogP contribution in [0, 0.1) is 0 Å². The molecule has 2 aromatic rings. The van der Waals surface area contributed by atoms with Crippen molar-refractivity contribution in [2.45, 2.75) is 45.3 Å². The van der Waals surface area contributed by atoms with E-state index >= 15 is 0 Å². The molecule has 0 aliphatic carbocycles. The molecule has 19 heavy (non-hydrogen) atoms. The number of imidazole rings is 1. The number of nitrogens with zero attached hydrogens (tertiary/aromatic N) is 4. The second-order valence-corrected chi connectivity index (χ2v) is 4.91. The lowest BCUT2D eigenvalue weighted by Gasteiger charge is -2.13. The summed E-state index contributed by atoms with van der Waals surface area (Å²) in [4.78, 5) is 4.02. The van der Waals surface area contributed by atoms with E-state index in [1.165, 1.54) is 0 Å². The van der Waals surface area contributed by atoms with Gasteiger partial charge in [-0.3, -0.25) is 4.68 Å². The Balaban J connectivity index is 2.06. The van der Waals surface area contributed by atoms with Crippen LogP contribution < -0.4 is 0 Å². The molecule has 1 unspecified atom stereocenters. The minimum absolute atomic E-state index is 0.447. The average molecular weight is 262 g/mol. The minimum Gasteiger partial charge on any atom is -0.386 e. The molecular formula is C14H22N4O. The summed E-state index contributed by atoms with van der Waals surface area (Å²) in [6, 6.07) is 2.43. The van der Waals surface area contributed by atoms with Gasteiger partial charge in [-0.25, -0.2) is 4.98 Å². The Morgan fingerprint density at radius 1 is 1.32 bits per heavy atom. The molecule has 5 nitrogen and oxygen atoms in total. The number of rotatable bonds is 6. The van der Waals surface area contributed by atoms with Crippen LogP contribution in [0.4, 0.5) is 0 Å². The molecule has 0 saturated heterocycles. The second kappa shape index (κ2) is 6.02. The maximum Gasteiger partial charge on any atom is 0.101 e. The molecule has 0 saturated carbocycles. The fraction of sp³-hybridized carbons (Fsp3) is 0.571. The monoisotopic (exact) mass is 262 g/mol. The molecule has 1 N–H and O–H groups in total. The van der Waals surface area contributed by atoms with Gasteiger partial charge in [0.05, 0.1) is 30.0 Å². The zero-order chi connectivity index (χ0) is 13.8. The molecule has 0 bridgehead atoms. The van der Waals surface area contributed by atoms with Gasteiger partial charge < -0.3 is 9.67 Å². The average Bonchev–Trinajstić information content (AvgIpc) is 3.00. The molecule has 0 fully saturated rings. The van der Waals surface area contributed by atoms with Gasteiger partial charge in [0, 0.05) is 19.7 Å². The fourth-order valence-electron chi connectivity index (χ4n) is 2.34. The third-order valence-electron chi connectivity index (χ3n) is 3.58. The van der Waals surface area contributed by atoms with E-state index in [0.29, 0.717) is 12.5 Å². The molecule has 1 atom stereocenters. The first kappa shape index (κ1) is 13.8. The first-order valence-electron chi connectivity index (χ1n) is 6.84. The van der Waals surface area contributed by atoms with E-state index in [4.69, 9.17) is 0 Å². The zero-order valence-corrected chi connectivity index (χ0v) is 11.8. The van der Waals surface area contributed by atoms with E-state index in [1.54, 1.807) is 12.5 Å². The predicted molar refractivity (Wildman–Crippen MR) is 73.7 cm³/mol. The molecule has 0 aromatic carbocycles. The Kier molecular flexibility index (Phi) is 4.37. The van der Waals surface area contributed by atoms with Crippen molar-refractivity contribution >= 4 is 0 Å². The van der Waals surface area contributed by atoms with Crippen molar-refractivity contribution in [1.82, 2.24) is 19.3 Å². The predicted octanol–water partition coefficient (Wildman–Crippen LogP) is 2.25. The summed E-state index contributed by atoms with van der Waals surface area (Å²) < 4.78 is 3.84. The Bertz CT molecular complexity index is 513. The van der Waals surface area contributed by atoms with Crippen LogP contribution >= 0.6 is 0 Å². The van der Waals surface area contributed by atoms with Crippen LogP contribution in [0.3, 0.4) is 0 Å². The summed E-state index contributed by atoms with van der Waals surface area (Å²) in [5.41, 5.74) is 1.73. The first-order chi connectivity index (χ1) is 9.15. The Hall–Kier alpha value is -1.62. The van der Waals surface area contributed by atoms with Gasteiger partial charge in [0.25, 0.3) is 0 Å². The lowest BCUT2D eigenvalue weighted by atomic mass is 10.1. The number of aryl methyl sites for hydroxylation is 1. The molecule has 0 aliphatic rings. The Morgan fingerprint density at radius 2 is 2.05 bits per heavy atom. The summed E-state index contributed by atoms with van der Waals surface area (Å²) in [6.07, 6.45) is 7.50. The van der Waals surface area contributed by atoms with E-state index in [-0.39, 0.29) is 0 Å². The number of aliphatic hydroxyl groups excluding tert-OH is 1. The van der Waals surface area contributed by atoms with Gasteiger partial charge in [0.1, 0.15) is 6.10 Å². The van der Waals surface area contributed by atoms with Crippen LogP contribution in [0.15, 0.2) is 24.8 Å². The van der Waals surface area contributed by atoms with Crippen molar-refractivity contribution in [3.8, 4) is 0 Å². The first-order valence-corrected chi connectivity index (χ1v) is 6.84. The largest absolute Gasteiger partial charge is 0.386 e. The van der Waals surface area contributed by atoms with Crippen molar-refractivity contribution < 1.29 is 5.11 Å². The molecular weight excluding hydrogens is 240 g/mol. The number of hydrogen-bond acceptors (Lipinski definition) is 3. The topological polar surface area (TPSA) is 55.9 Å². The van der Waals surface area contributed by atoms with E-state index < -0.39 is 6.10 Å². The molecule has 0 radical (unpaired) electrons. The summed E-state index contributed by atoms with van der Waals surface area (Å²) >= 11 is 0. The van der Waals surface area contributed by atoms with Gasteiger partial charge in [-0.15, -0.1) is 0 Å². The summed E-state index contributed by atoms with van der Waals surface area (Å²) in [5, 5.41) is 14.8. The Morgan fingerprint density at radius 3 is 2.63 bits per heavy atom. The second-order valence-electron chi connectivity index (χ2n) is 4.91. The maximum atomic E-state index is 10.2. The van der Waals surface area contributed by atoms with E-state index in [0.717, 1.165) is 24.2 Å². The molecule has 2 heterocycles. The molecule has 2 rings (SSSR count). The van der Waals surface area contributed by atoms with Gasteiger partial charge >= 0.3 is 0 Å². The fourth-order valence-corrected chi connectivity index (χ4v) is 2.34. The molecule has 0 spiro atoms. The highest BCUT2D eigenvalue weighted by molar-refractivity contribution is 5.08. The Labute approximate surface area is 113 Å². The smallest absolute Gasteiger partial charge is 0.101 e. The molecule has 2 aromatic heterocycles. The van der Waals surface area contributed by atoms with Gasteiger partial charge in [-0.2, -0.15) is 5.10 Å². The van der Waals surface area contributed by atoms with Crippen molar-refractivity contribution in [2.24, 2.45) is 7.05 Å². The summed E-state index contributed by atoms with van der Waals surface area (Å²) in [5.74, 6) is 0. The van der Waals surface area contributed by atoms with Gasteiger partial charge in [0.2, 0.25) is 0 Å². The van der Waals surface area contributed by atoms with Crippen LogP contribution in [0.1, 0.15) is 50.2 Å². The highest BCUT2D eigenvalue weighted by Crippen LogP contribution is 2.19. The lowest BCUT2D eigenvalue weighted by Crippen LogP contribution is -2.10. The van der Waals surface area contributed by atoms with Crippen molar-refractivity contribution in [1.29, 1.82) is 0 Å². The highest BCUT2D eigenvalue weighted by atomic mass is 16.3. The number of hydrogen-bond donors (Lipinski definition) is 1. The van der Waals surface area contributed by atoms with Gasteiger partial charge in [-0.05, 0) is 18.9 Å². The van der Waals surface area contributed by atoms with Crippen LogP contribution in [0.2, 0.25) is 0 Å². The minimum atomic E-state index is -0.558. The van der Waals surface area contributed by atoms with Gasteiger partial charge in [0.15, 0.2) is 0 Å². The van der Waals surface area contributed by atoms with E-state index in [9.17, 15) is 5.11 Å². The third-order valence-corrected chi connectivity index (χ3v) is 3.58. The van der Waals surface area contributed by atoms with Crippen LogP contribution in [0.25, 0.3) is 0 Å². The van der Waals surface area contributed by atoms with Crippen LogP contribution in [0.5, 0.6) is 0 Å². The van der Waals surface area contributed by atoms with E-state index in [2.05, 4.69) is 23.9 Å². The standard InChI is InChI=1S/C14H22N4O/c1-4-12(5-2)18-7-6-11(16-18)8-14(19)13-9-15-10-17(13)3/h6-7,9-10,12,14,19H,4-5,8H2,1-3H3.